The van der Waals surface area contributed by atoms with Crippen LogP contribution in [-0.4, -0.2) is 21.1 Å². The Labute approximate surface area is 116 Å². The lowest BCUT2D eigenvalue weighted by molar-refractivity contribution is -0.386. The van der Waals surface area contributed by atoms with Crippen molar-refractivity contribution in [3.05, 3.63) is 38.9 Å². The van der Waals surface area contributed by atoms with Crippen LogP contribution >= 0.6 is 0 Å². The third-order valence-corrected chi connectivity index (χ3v) is 2.78. The van der Waals surface area contributed by atoms with E-state index in [1.54, 1.807) is 0 Å². The van der Waals surface area contributed by atoms with Crippen molar-refractivity contribution >= 4 is 11.7 Å². The van der Waals surface area contributed by atoms with Crippen molar-refractivity contribution in [1.82, 2.24) is 0 Å². The quantitative estimate of drug-likeness (QED) is 0.445. The van der Waals surface area contributed by atoms with E-state index in [4.69, 9.17) is 9.84 Å². The van der Waals surface area contributed by atoms with Gasteiger partial charge in [0.15, 0.2) is 0 Å². The molecule has 0 saturated carbocycles. The average molecular weight is 283 g/mol. The normalized spacial score (nSPS) is 10.3. The fourth-order valence-electron chi connectivity index (χ4n) is 1.74. The highest BCUT2D eigenvalue weighted by Gasteiger charge is 2.18. The Morgan fingerprint density at radius 2 is 1.85 bits per heavy atom. The van der Waals surface area contributed by atoms with E-state index >= 15 is 0 Å². The number of esters is 1. The second-order valence-electron chi connectivity index (χ2n) is 4.23. The van der Waals surface area contributed by atoms with Gasteiger partial charge < -0.3 is 14.9 Å². The molecule has 0 saturated heterocycles. The molecule has 0 aliphatic heterocycles. The molecule has 1 aromatic carbocycles. The molecule has 110 valence electrons. The van der Waals surface area contributed by atoms with Gasteiger partial charge in [0.1, 0.15) is 6.61 Å². The molecule has 0 unspecified atom stereocenters. The Bertz CT molecular complexity index is 500. The summed E-state index contributed by atoms with van der Waals surface area (Å²) in [6, 6.07) is 2.57. The van der Waals surface area contributed by atoms with Crippen LogP contribution in [0.15, 0.2) is 12.1 Å². The molecule has 0 atom stereocenters. The molecule has 2 N–H and O–H groups in total. The zero-order chi connectivity index (χ0) is 15.1. The van der Waals surface area contributed by atoms with Gasteiger partial charge in [0, 0.05) is 12.5 Å². The molecule has 20 heavy (non-hydrogen) atoms. The predicted molar refractivity (Wildman–Crippen MR) is 69.6 cm³/mol. The van der Waals surface area contributed by atoms with Gasteiger partial charge in [-0.1, -0.05) is 6.92 Å². The lowest BCUT2D eigenvalue weighted by atomic mass is 10.0. The van der Waals surface area contributed by atoms with Gasteiger partial charge in [-0.3, -0.25) is 14.9 Å². The van der Waals surface area contributed by atoms with E-state index in [-0.39, 0.29) is 36.4 Å². The number of nitro groups is 1. The third-order valence-electron chi connectivity index (χ3n) is 2.78. The fraction of sp³-hybridized carbons (Fsp3) is 0.462. The second-order valence-corrected chi connectivity index (χ2v) is 4.23. The summed E-state index contributed by atoms with van der Waals surface area (Å²) in [4.78, 5) is 21.7. The van der Waals surface area contributed by atoms with Crippen LogP contribution in [0.5, 0.6) is 0 Å². The van der Waals surface area contributed by atoms with Gasteiger partial charge in [0.05, 0.1) is 23.7 Å². The number of nitro benzene ring substituents is 1. The van der Waals surface area contributed by atoms with Gasteiger partial charge in [0.2, 0.25) is 0 Å². The number of hydrogen-bond acceptors (Lipinski definition) is 6. The van der Waals surface area contributed by atoms with E-state index in [0.29, 0.717) is 12.0 Å². The topological polar surface area (TPSA) is 110 Å². The first-order valence-corrected chi connectivity index (χ1v) is 6.19. The molecule has 0 aromatic heterocycles. The smallest absolute Gasteiger partial charge is 0.306 e. The molecule has 0 aliphatic carbocycles. The molecule has 0 radical (unpaired) electrons. The van der Waals surface area contributed by atoms with Gasteiger partial charge in [0.25, 0.3) is 5.69 Å². The number of aliphatic hydroxyl groups excluding tert-OH is 2. The van der Waals surface area contributed by atoms with Crippen molar-refractivity contribution in [1.29, 1.82) is 0 Å². The molecule has 0 spiro atoms. The summed E-state index contributed by atoms with van der Waals surface area (Å²) in [6.45, 7) is 0.827. The molecule has 0 heterocycles. The number of carbonyl (C=O) groups is 1. The Morgan fingerprint density at radius 1 is 1.25 bits per heavy atom. The molecule has 0 fully saturated rings. The number of nitrogens with zero attached hydrogens (tertiary/aromatic N) is 1. The SMILES string of the molecule is CCCC(=O)OCc1cc(CO)c(CO)cc1[N+](=O)[O-]. The van der Waals surface area contributed by atoms with E-state index in [9.17, 15) is 20.0 Å². The average Bonchev–Trinajstić information content (AvgIpc) is 2.44. The van der Waals surface area contributed by atoms with Crippen molar-refractivity contribution in [3.63, 3.8) is 0 Å². The Kier molecular flexibility index (Phi) is 6.08. The van der Waals surface area contributed by atoms with Crippen molar-refractivity contribution in [2.75, 3.05) is 0 Å². The lowest BCUT2D eigenvalue weighted by Gasteiger charge is -2.10. The van der Waals surface area contributed by atoms with Crippen LogP contribution < -0.4 is 0 Å². The van der Waals surface area contributed by atoms with Gasteiger partial charge in [-0.25, -0.2) is 0 Å². The van der Waals surface area contributed by atoms with Crippen LogP contribution in [0.3, 0.4) is 0 Å². The molecule has 7 heteroatoms. The van der Waals surface area contributed by atoms with E-state index in [2.05, 4.69) is 0 Å². The molecular weight excluding hydrogens is 266 g/mol. The summed E-state index contributed by atoms with van der Waals surface area (Å²) < 4.78 is 4.94. The molecular formula is C13H17NO6. The monoisotopic (exact) mass is 283 g/mol. The van der Waals surface area contributed by atoms with Crippen molar-refractivity contribution in [2.45, 2.75) is 39.6 Å². The minimum absolute atomic E-state index is 0.195. The molecule has 0 bridgehead atoms. The van der Waals surface area contributed by atoms with Crippen molar-refractivity contribution in [2.24, 2.45) is 0 Å². The maximum absolute atomic E-state index is 11.3. The number of hydrogen-bond donors (Lipinski definition) is 2. The van der Waals surface area contributed by atoms with Crippen LogP contribution in [0.2, 0.25) is 0 Å². The maximum Gasteiger partial charge on any atom is 0.306 e. The van der Waals surface area contributed by atoms with Gasteiger partial charge >= 0.3 is 5.97 Å². The number of rotatable bonds is 7. The summed E-state index contributed by atoms with van der Waals surface area (Å²) in [5.74, 6) is -0.432. The van der Waals surface area contributed by atoms with E-state index in [0.717, 1.165) is 0 Å². The van der Waals surface area contributed by atoms with Crippen molar-refractivity contribution < 1.29 is 24.7 Å². The summed E-state index contributed by atoms with van der Waals surface area (Å²) >= 11 is 0. The summed E-state index contributed by atoms with van der Waals surface area (Å²) in [5, 5.41) is 29.3. The first-order valence-electron chi connectivity index (χ1n) is 6.19. The van der Waals surface area contributed by atoms with Crippen LogP contribution in [0, 0.1) is 10.1 Å². The number of carbonyl (C=O) groups excluding carboxylic acids is 1. The Balaban J connectivity index is 3.03. The van der Waals surface area contributed by atoms with Gasteiger partial charge in [-0.05, 0) is 23.6 Å². The zero-order valence-electron chi connectivity index (χ0n) is 11.2. The molecule has 0 amide bonds. The number of ether oxygens (including phenoxy) is 1. The minimum Gasteiger partial charge on any atom is -0.461 e. The predicted octanol–water partition coefficient (Wildman–Crippen LogP) is 1.42. The van der Waals surface area contributed by atoms with E-state index in [1.807, 2.05) is 6.92 Å². The minimum atomic E-state index is -0.608. The molecule has 0 aliphatic rings. The Hall–Kier alpha value is -1.99. The molecule has 1 aromatic rings. The highest BCUT2D eigenvalue weighted by Crippen LogP contribution is 2.25. The molecule has 1 rings (SSSR count). The first-order chi connectivity index (χ1) is 9.53. The van der Waals surface area contributed by atoms with Crippen LogP contribution in [0.4, 0.5) is 5.69 Å². The highest BCUT2D eigenvalue weighted by molar-refractivity contribution is 5.69. The van der Waals surface area contributed by atoms with E-state index in [1.165, 1.54) is 12.1 Å². The number of aliphatic hydroxyl groups is 2. The van der Waals surface area contributed by atoms with Gasteiger partial charge in [-0.2, -0.15) is 0 Å². The van der Waals surface area contributed by atoms with Crippen LogP contribution in [0.1, 0.15) is 36.5 Å². The fourth-order valence-corrected chi connectivity index (χ4v) is 1.74. The lowest BCUT2D eigenvalue weighted by Crippen LogP contribution is -2.07. The summed E-state index contributed by atoms with van der Waals surface area (Å²) in [5.41, 5.74) is 0.610. The maximum atomic E-state index is 11.3. The largest absolute Gasteiger partial charge is 0.461 e. The third kappa shape index (κ3) is 4.01. The Morgan fingerprint density at radius 3 is 2.35 bits per heavy atom. The number of benzene rings is 1. The van der Waals surface area contributed by atoms with Gasteiger partial charge in [-0.15, -0.1) is 0 Å². The standard InChI is InChI=1S/C13H17NO6/c1-2-3-13(17)20-8-11-4-9(6-15)10(7-16)5-12(11)14(18)19/h4-5,15-16H,2-3,6-8H2,1H3. The highest BCUT2D eigenvalue weighted by atomic mass is 16.6. The first kappa shape index (κ1) is 16.1. The van der Waals surface area contributed by atoms with Crippen LogP contribution in [0.25, 0.3) is 0 Å². The van der Waals surface area contributed by atoms with E-state index < -0.39 is 17.5 Å². The van der Waals surface area contributed by atoms with Crippen molar-refractivity contribution in [3.8, 4) is 0 Å². The van der Waals surface area contributed by atoms with Crippen LogP contribution in [-0.2, 0) is 29.4 Å². The summed E-state index contributed by atoms with van der Waals surface area (Å²) in [7, 11) is 0. The zero-order valence-corrected chi connectivity index (χ0v) is 11.2. The summed E-state index contributed by atoms with van der Waals surface area (Å²) in [6.07, 6.45) is 0.877. The second kappa shape index (κ2) is 7.56. The molecule has 7 nitrogen and oxygen atoms in total.